The molecule has 1 N–H and O–H groups in total. The van der Waals surface area contributed by atoms with Crippen molar-refractivity contribution in [1.82, 2.24) is 0 Å². The van der Waals surface area contributed by atoms with Crippen LogP contribution >= 0.6 is 11.6 Å². The van der Waals surface area contributed by atoms with E-state index in [1.807, 2.05) is 12.1 Å². The van der Waals surface area contributed by atoms with E-state index in [0.29, 0.717) is 23.7 Å². The van der Waals surface area contributed by atoms with Crippen LogP contribution in [0.3, 0.4) is 0 Å². The molecule has 0 spiro atoms. The first-order chi connectivity index (χ1) is 61.5. The van der Waals surface area contributed by atoms with Crippen molar-refractivity contribution >= 4 is 74.2 Å². The molecule has 2 aliphatic rings. The van der Waals surface area contributed by atoms with E-state index in [1.165, 1.54) is 117 Å². The van der Waals surface area contributed by atoms with Gasteiger partial charge in [-0.1, -0.05) is 375 Å². The summed E-state index contributed by atoms with van der Waals surface area (Å²) in [5.74, 6) is 1.77. The summed E-state index contributed by atoms with van der Waals surface area (Å²) in [6.07, 6.45) is 0. The summed E-state index contributed by atoms with van der Waals surface area (Å²) < 4.78 is 0. The second-order valence-electron chi connectivity index (χ2n) is 44.9. The Kier molecular flexibility index (Phi) is 27.0. The number of hydrogen-bond donors (Lipinski definition) is 1. The van der Waals surface area contributed by atoms with Crippen LogP contribution in [0.25, 0.3) is 22.3 Å². The van der Waals surface area contributed by atoms with Gasteiger partial charge in [-0.05, 0) is 304 Å². The summed E-state index contributed by atoms with van der Waals surface area (Å²) in [6, 6.07) is 114. The number of aryl methyl sites for hydroxylation is 2. The number of benzene rings is 14. The van der Waals surface area contributed by atoms with E-state index < -0.39 is 0 Å². The SMILES string of the molecule is CC(C)(C)c1ccc(-c2cc(C(C)(C)C)ccc2Nc2ccc3c(c2)C(C)(C)c2ccccc2C3(C)C)cc1.Cc1cc(Cl)cc(N(c2cccc(C(C)C)c2)c2cccc(C(C)C)c2)c1.Cc1cc(N(c2cccc(C(C)C)c2)c2cccc(C(C)C)c2)cc(N(c2ccc3c(c2)C(C)(C)c2ccccc2C3(C)C)c2ccc(C(C)(C)C)cc2-c2ccc(C(C)(C)C)cc2)c1. The summed E-state index contributed by atoms with van der Waals surface area (Å²) in [4.78, 5) is 7.32. The third-order valence-corrected chi connectivity index (χ3v) is 28.2. The van der Waals surface area contributed by atoms with Crippen LogP contribution in [0.15, 0.2) is 303 Å². The van der Waals surface area contributed by atoms with Crippen molar-refractivity contribution in [3.8, 4) is 22.3 Å². The average molecular weight is 1750 g/mol. The highest BCUT2D eigenvalue weighted by atomic mass is 35.5. The van der Waals surface area contributed by atoms with Gasteiger partial charge in [-0.15, -0.1) is 0 Å². The molecule has 0 aromatic heterocycles. The molecular weight excluding hydrogens is 1600 g/mol. The largest absolute Gasteiger partial charge is 0.355 e. The number of fused-ring (bicyclic) bond motifs is 4. The van der Waals surface area contributed by atoms with Gasteiger partial charge in [-0.25, -0.2) is 0 Å². The summed E-state index contributed by atoms with van der Waals surface area (Å²) in [6.45, 7) is 69.0. The van der Waals surface area contributed by atoms with Gasteiger partial charge < -0.3 is 20.0 Å². The Balaban J connectivity index is 0.000000176. The number of halogens is 1. The molecule has 0 saturated carbocycles. The van der Waals surface area contributed by atoms with E-state index in [2.05, 4.69) is 519 Å². The summed E-state index contributed by atoms with van der Waals surface area (Å²) in [5.41, 5.74) is 41.5. The van der Waals surface area contributed by atoms with Crippen molar-refractivity contribution in [3.63, 3.8) is 0 Å². The fourth-order valence-corrected chi connectivity index (χ4v) is 19.9. The first kappa shape index (κ1) is 95.6. The van der Waals surface area contributed by atoms with E-state index >= 15 is 0 Å². The van der Waals surface area contributed by atoms with Gasteiger partial charge in [0.15, 0.2) is 0 Å². The molecule has 5 heteroatoms. The van der Waals surface area contributed by atoms with E-state index in [1.54, 1.807) is 0 Å². The molecule has 14 aromatic rings. The van der Waals surface area contributed by atoms with E-state index in [9.17, 15) is 0 Å². The molecule has 4 nitrogen and oxygen atoms in total. The number of nitrogens with zero attached hydrogens (tertiary/aromatic N) is 3. The minimum absolute atomic E-state index is 0.0334. The second-order valence-corrected chi connectivity index (χ2v) is 45.3. The maximum atomic E-state index is 6.41. The fraction of sp³-hybridized carbons (Fsp3) is 0.333. The third kappa shape index (κ3) is 20.2. The van der Waals surface area contributed by atoms with Crippen LogP contribution in [0.4, 0.5) is 62.6 Å². The van der Waals surface area contributed by atoms with Crippen molar-refractivity contribution in [3.05, 3.63) is 408 Å². The predicted molar refractivity (Wildman–Crippen MR) is 571 cm³/mol. The Labute approximate surface area is 794 Å². The quantitative estimate of drug-likeness (QED) is 0.0981. The van der Waals surface area contributed by atoms with Crippen LogP contribution in [0.2, 0.25) is 5.02 Å². The molecular formula is C126H145ClN4. The minimum atomic E-state index is -0.206. The first-order valence-corrected chi connectivity index (χ1v) is 48.4. The molecule has 0 bridgehead atoms. The Morgan fingerprint density at radius 1 is 0.252 bits per heavy atom. The van der Waals surface area contributed by atoms with Crippen molar-refractivity contribution in [1.29, 1.82) is 0 Å². The molecule has 0 saturated heterocycles. The van der Waals surface area contributed by atoms with E-state index in [0.717, 1.165) is 73.1 Å². The van der Waals surface area contributed by atoms with E-state index in [-0.39, 0.29) is 43.3 Å². The van der Waals surface area contributed by atoms with Gasteiger partial charge in [-0.3, -0.25) is 0 Å². The summed E-state index contributed by atoms with van der Waals surface area (Å²) >= 11 is 6.41. The van der Waals surface area contributed by atoms with Gasteiger partial charge >= 0.3 is 0 Å². The zero-order chi connectivity index (χ0) is 94.7. The summed E-state index contributed by atoms with van der Waals surface area (Å²) in [7, 11) is 0. The zero-order valence-corrected chi connectivity index (χ0v) is 85.2. The van der Waals surface area contributed by atoms with Crippen LogP contribution in [-0.4, -0.2) is 0 Å². The maximum Gasteiger partial charge on any atom is 0.0540 e. The van der Waals surface area contributed by atoms with Crippen molar-refractivity contribution < 1.29 is 0 Å². The van der Waals surface area contributed by atoms with Gasteiger partial charge in [0.1, 0.15) is 0 Å². The number of rotatable bonds is 17. The van der Waals surface area contributed by atoms with Crippen LogP contribution < -0.4 is 20.0 Å². The van der Waals surface area contributed by atoms with Gasteiger partial charge in [-0.2, -0.15) is 0 Å². The number of hydrogen-bond acceptors (Lipinski definition) is 4. The normalized spacial score (nSPS) is 14.1. The Morgan fingerprint density at radius 3 is 0.947 bits per heavy atom. The van der Waals surface area contributed by atoms with Gasteiger partial charge in [0, 0.05) is 94.7 Å². The minimum Gasteiger partial charge on any atom is -0.355 e. The van der Waals surface area contributed by atoms with Crippen LogP contribution in [0.5, 0.6) is 0 Å². The van der Waals surface area contributed by atoms with Gasteiger partial charge in [0.05, 0.1) is 5.69 Å². The highest BCUT2D eigenvalue weighted by Crippen LogP contribution is 2.55. The molecule has 0 unspecified atom stereocenters. The van der Waals surface area contributed by atoms with Crippen molar-refractivity contribution in [2.24, 2.45) is 0 Å². The third-order valence-electron chi connectivity index (χ3n) is 27.9. The molecule has 676 valence electrons. The van der Waals surface area contributed by atoms with Gasteiger partial charge in [0.25, 0.3) is 0 Å². The van der Waals surface area contributed by atoms with Crippen LogP contribution in [0, 0.1) is 13.8 Å². The Morgan fingerprint density at radius 2 is 0.565 bits per heavy atom. The van der Waals surface area contributed by atoms with Crippen LogP contribution in [0.1, 0.15) is 318 Å². The second kappa shape index (κ2) is 37.0. The Bertz CT molecular complexity index is 6340. The average Bonchev–Trinajstić information content (AvgIpc) is 0.717. The molecule has 0 radical (unpaired) electrons. The lowest BCUT2D eigenvalue weighted by atomic mass is 9.60. The lowest BCUT2D eigenvalue weighted by molar-refractivity contribution is 0.521. The summed E-state index contributed by atoms with van der Waals surface area (Å²) in [5, 5.41) is 4.59. The number of anilines is 11. The van der Waals surface area contributed by atoms with Crippen LogP contribution in [-0.2, 0) is 43.3 Å². The zero-order valence-electron chi connectivity index (χ0n) is 84.4. The molecule has 131 heavy (non-hydrogen) atoms. The van der Waals surface area contributed by atoms with Crippen molar-refractivity contribution in [2.45, 2.75) is 275 Å². The Hall–Kier alpha value is -11.4. The highest BCUT2D eigenvalue weighted by Gasteiger charge is 2.44. The first-order valence-electron chi connectivity index (χ1n) is 48.0. The molecule has 0 fully saturated rings. The lowest BCUT2D eigenvalue weighted by Crippen LogP contribution is -2.36. The van der Waals surface area contributed by atoms with Crippen molar-refractivity contribution in [2.75, 3.05) is 20.0 Å². The highest BCUT2D eigenvalue weighted by molar-refractivity contribution is 6.31. The molecule has 0 atom stereocenters. The molecule has 0 aliphatic heterocycles. The number of nitrogens with one attached hydrogen (secondary N) is 1. The molecule has 2 aliphatic carbocycles. The monoisotopic (exact) mass is 1750 g/mol. The lowest BCUT2D eigenvalue weighted by Gasteiger charge is -2.44. The predicted octanol–water partition coefficient (Wildman–Crippen LogP) is 37.4. The molecule has 14 aromatic carbocycles. The smallest absolute Gasteiger partial charge is 0.0540 e. The van der Waals surface area contributed by atoms with Gasteiger partial charge in [0.2, 0.25) is 0 Å². The maximum absolute atomic E-state index is 6.41. The fourth-order valence-electron chi connectivity index (χ4n) is 19.6. The molecule has 0 heterocycles. The topological polar surface area (TPSA) is 21.8 Å². The van der Waals surface area contributed by atoms with E-state index in [4.69, 9.17) is 11.6 Å². The molecule has 0 amide bonds. The standard InChI is InChI=1S/C63H72N2.C38H45N.C25H28ClN/c1-41(2)45-20-18-22-49(36-45)64(50-23-19-21-46(37-50)42(3)4)52-34-43(5)35-53(39-52)65(51-31-32-57-58(40-51)63(14,15)56-25-17-16-24-55(56)62(57,12)13)59-33-30-48(61(9,10)11)38-54(59)44-26-28-47(29-27-44)60(6,7)8;1-35(2,3)26-17-15-25(16-18-26)29-23-27(36(4,5)6)19-22-34(29)39-28-20-21-32-33(24-28)38(9,10)31-14-12-11-13-30(31)37(32,7)8;1-17(2)20-8-6-10-23(14-20)27(25-13-19(5)12-22(26)16-25)24-11-7-9-21(15-24)18(3)4/h16-42H,1-15H3;11-24,39H,1-10H3;6-18H,1-5H3. The molecule has 16 rings (SSSR count).